The minimum atomic E-state index is -0.239. The molecule has 0 radical (unpaired) electrons. The molecule has 5 nitrogen and oxygen atoms in total. The number of nitrogens with zero attached hydrogens (tertiary/aromatic N) is 4. The van der Waals surface area contributed by atoms with Crippen molar-refractivity contribution in [3.05, 3.63) is 83.1 Å². The molecule has 1 aliphatic rings. The lowest BCUT2D eigenvalue weighted by Crippen LogP contribution is -2.36. The summed E-state index contributed by atoms with van der Waals surface area (Å²) in [5.41, 5.74) is 2.83. The molecule has 1 aliphatic heterocycles. The topological polar surface area (TPSA) is 49.3 Å². The van der Waals surface area contributed by atoms with Crippen LogP contribution >= 0.6 is 11.8 Å². The Hall–Kier alpha value is -2.93. The molecular formula is C26H29FN4OS. The summed E-state index contributed by atoms with van der Waals surface area (Å²) in [7, 11) is 0. The highest BCUT2D eigenvalue weighted by Crippen LogP contribution is 2.26. The Morgan fingerprint density at radius 1 is 1.00 bits per heavy atom. The fourth-order valence-electron chi connectivity index (χ4n) is 4.17. The second-order valence-corrected chi connectivity index (χ2v) is 9.34. The number of amides is 1. The minimum absolute atomic E-state index is 0.167. The van der Waals surface area contributed by atoms with Gasteiger partial charge < -0.3 is 9.80 Å². The number of thioether (sulfide) groups is 1. The van der Waals surface area contributed by atoms with E-state index in [1.165, 1.54) is 6.07 Å². The van der Waals surface area contributed by atoms with E-state index in [-0.39, 0.29) is 11.7 Å². The Labute approximate surface area is 199 Å². The summed E-state index contributed by atoms with van der Waals surface area (Å²) in [6.45, 7) is 6.83. The SMILES string of the molecule is Cc1nc(C)c(Cc2cccc(F)c2)c(N2CCCN(C(=O)CSc3ccccc3)CC2)n1. The number of carbonyl (C=O) groups is 1. The van der Waals surface area contributed by atoms with Crippen LogP contribution in [0, 0.1) is 19.7 Å². The first-order chi connectivity index (χ1) is 16.0. The summed E-state index contributed by atoms with van der Waals surface area (Å²) in [6, 6.07) is 16.7. The van der Waals surface area contributed by atoms with Crippen molar-refractivity contribution in [1.82, 2.24) is 14.9 Å². The Kier molecular flexibility index (Phi) is 7.60. The van der Waals surface area contributed by atoms with Crippen LogP contribution in [0.4, 0.5) is 10.2 Å². The van der Waals surface area contributed by atoms with Crippen molar-refractivity contribution in [2.75, 3.05) is 36.8 Å². The van der Waals surface area contributed by atoms with Gasteiger partial charge in [0.15, 0.2) is 0 Å². The molecule has 0 N–H and O–H groups in total. The highest BCUT2D eigenvalue weighted by molar-refractivity contribution is 8.00. The van der Waals surface area contributed by atoms with Gasteiger partial charge in [0.05, 0.1) is 5.75 Å². The van der Waals surface area contributed by atoms with Crippen molar-refractivity contribution >= 4 is 23.5 Å². The molecule has 1 amide bonds. The quantitative estimate of drug-likeness (QED) is 0.497. The highest BCUT2D eigenvalue weighted by Gasteiger charge is 2.23. The van der Waals surface area contributed by atoms with Crippen LogP contribution in [0.3, 0.4) is 0 Å². The first-order valence-corrected chi connectivity index (χ1v) is 12.3. The van der Waals surface area contributed by atoms with E-state index < -0.39 is 0 Å². The lowest BCUT2D eigenvalue weighted by Gasteiger charge is -2.26. The van der Waals surface area contributed by atoms with Crippen molar-refractivity contribution < 1.29 is 9.18 Å². The Morgan fingerprint density at radius 3 is 2.61 bits per heavy atom. The van der Waals surface area contributed by atoms with Gasteiger partial charge in [-0.15, -0.1) is 11.8 Å². The number of rotatable bonds is 6. The van der Waals surface area contributed by atoms with Crippen LogP contribution in [-0.4, -0.2) is 52.7 Å². The van der Waals surface area contributed by atoms with Crippen molar-refractivity contribution in [2.24, 2.45) is 0 Å². The van der Waals surface area contributed by atoms with Gasteiger partial charge in [-0.1, -0.05) is 30.3 Å². The second-order valence-electron chi connectivity index (χ2n) is 8.29. The first kappa shape index (κ1) is 23.2. The smallest absolute Gasteiger partial charge is 0.232 e. The molecule has 1 aromatic heterocycles. The van der Waals surface area contributed by atoms with Gasteiger partial charge in [0, 0.05) is 48.8 Å². The van der Waals surface area contributed by atoms with Crippen LogP contribution in [-0.2, 0) is 11.2 Å². The predicted molar refractivity (Wildman–Crippen MR) is 131 cm³/mol. The van der Waals surface area contributed by atoms with Crippen LogP contribution < -0.4 is 4.90 Å². The zero-order valence-corrected chi connectivity index (χ0v) is 19.9. The van der Waals surface area contributed by atoms with Gasteiger partial charge in [-0.05, 0) is 50.1 Å². The van der Waals surface area contributed by atoms with Crippen molar-refractivity contribution in [1.29, 1.82) is 0 Å². The fraction of sp³-hybridized carbons (Fsp3) is 0.346. The van der Waals surface area contributed by atoms with Gasteiger partial charge in [0.1, 0.15) is 17.5 Å². The number of aromatic nitrogens is 2. The Bertz CT molecular complexity index is 1110. The zero-order valence-electron chi connectivity index (χ0n) is 19.1. The molecule has 4 rings (SSSR count). The van der Waals surface area contributed by atoms with Crippen LogP contribution in [0.1, 0.15) is 29.1 Å². The summed E-state index contributed by atoms with van der Waals surface area (Å²) in [6.07, 6.45) is 1.45. The maximum Gasteiger partial charge on any atom is 0.232 e. The number of hydrogen-bond acceptors (Lipinski definition) is 5. The predicted octanol–water partition coefficient (Wildman–Crippen LogP) is 4.65. The van der Waals surface area contributed by atoms with E-state index in [0.29, 0.717) is 25.3 Å². The van der Waals surface area contributed by atoms with Gasteiger partial charge in [-0.25, -0.2) is 14.4 Å². The molecule has 3 aromatic rings. The fourth-order valence-corrected chi connectivity index (χ4v) is 4.99. The molecule has 172 valence electrons. The normalized spacial score (nSPS) is 14.3. The van der Waals surface area contributed by atoms with E-state index in [4.69, 9.17) is 4.98 Å². The average molecular weight is 465 g/mol. The van der Waals surface area contributed by atoms with Gasteiger partial charge >= 0.3 is 0 Å². The maximum absolute atomic E-state index is 13.8. The summed E-state index contributed by atoms with van der Waals surface area (Å²) in [4.78, 5) is 27.5. The monoisotopic (exact) mass is 464 g/mol. The van der Waals surface area contributed by atoms with Gasteiger partial charge in [-0.3, -0.25) is 4.79 Å². The van der Waals surface area contributed by atoms with Crippen molar-refractivity contribution in [3.63, 3.8) is 0 Å². The van der Waals surface area contributed by atoms with E-state index >= 15 is 0 Å². The molecule has 1 fully saturated rings. The first-order valence-electron chi connectivity index (χ1n) is 11.3. The van der Waals surface area contributed by atoms with Crippen LogP contribution in [0.25, 0.3) is 0 Å². The number of aryl methyl sites for hydroxylation is 2. The number of carbonyl (C=O) groups excluding carboxylic acids is 1. The van der Waals surface area contributed by atoms with E-state index in [2.05, 4.69) is 9.88 Å². The zero-order chi connectivity index (χ0) is 23.2. The molecule has 1 saturated heterocycles. The molecule has 0 spiro atoms. The molecule has 33 heavy (non-hydrogen) atoms. The molecule has 2 aromatic carbocycles. The molecule has 0 unspecified atom stereocenters. The third-order valence-corrected chi connectivity index (χ3v) is 6.82. The lowest BCUT2D eigenvalue weighted by molar-refractivity contribution is -0.128. The molecule has 2 heterocycles. The molecule has 7 heteroatoms. The number of anilines is 1. The van der Waals surface area contributed by atoms with Gasteiger partial charge in [-0.2, -0.15) is 0 Å². The van der Waals surface area contributed by atoms with Crippen LogP contribution in [0.2, 0.25) is 0 Å². The summed E-state index contributed by atoms with van der Waals surface area (Å²) in [5, 5.41) is 0. The van der Waals surface area contributed by atoms with Crippen molar-refractivity contribution in [3.8, 4) is 0 Å². The number of benzene rings is 2. The van der Waals surface area contributed by atoms with E-state index in [1.807, 2.05) is 55.1 Å². The average Bonchev–Trinajstić information content (AvgIpc) is 3.06. The van der Waals surface area contributed by atoms with Crippen LogP contribution in [0.15, 0.2) is 59.5 Å². The van der Waals surface area contributed by atoms with E-state index in [1.54, 1.807) is 23.9 Å². The minimum Gasteiger partial charge on any atom is -0.354 e. The van der Waals surface area contributed by atoms with Gasteiger partial charge in [0.2, 0.25) is 5.91 Å². The Morgan fingerprint density at radius 2 is 1.82 bits per heavy atom. The Balaban J connectivity index is 1.46. The van der Waals surface area contributed by atoms with Crippen LogP contribution in [0.5, 0.6) is 0 Å². The standard InChI is InChI=1S/C26H29FN4OS/c1-19-24(17-21-8-6-9-22(27)16-21)26(29-20(2)28-19)31-13-7-12-30(14-15-31)25(32)18-33-23-10-4-3-5-11-23/h3-6,8-11,16H,7,12-15,17-18H2,1-2H3. The molecular weight excluding hydrogens is 435 g/mol. The lowest BCUT2D eigenvalue weighted by atomic mass is 10.0. The summed E-state index contributed by atoms with van der Waals surface area (Å²) >= 11 is 1.58. The molecule has 0 aliphatic carbocycles. The summed E-state index contributed by atoms with van der Waals surface area (Å²) < 4.78 is 13.8. The van der Waals surface area contributed by atoms with Gasteiger partial charge in [0.25, 0.3) is 0 Å². The maximum atomic E-state index is 13.8. The molecule has 0 saturated carbocycles. The number of hydrogen-bond donors (Lipinski definition) is 0. The third-order valence-electron chi connectivity index (χ3n) is 5.83. The summed E-state index contributed by atoms with van der Waals surface area (Å²) in [5.74, 6) is 2.00. The molecule has 0 bridgehead atoms. The number of halogens is 1. The highest BCUT2D eigenvalue weighted by atomic mass is 32.2. The van der Waals surface area contributed by atoms with Crippen molar-refractivity contribution in [2.45, 2.75) is 31.6 Å². The van der Waals surface area contributed by atoms with E-state index in [0.717, 1.165) is 52.9 Å². The largest absolute Gasteiger partial charge is 0.354 e. The third kappa shape index (κ3) is 6.11. The molecule has 0 atom stereocenters. The van der Waals surface area contributed by atoms with E-state index in [9.17, 15) is 9.18 Å². The second kappa shape index (κ2) is 10.8.